The van der Waals surface area contributed by atoms with E-state index in [1.807, 2.05) is 20.8 Å². The van der Waals surface area contributed by atoms with Gasteiger partial charge in [0, 0.05) is 14.5 Å². The minimum absolute atomic E-state index is 0.000113. The second kappa shape index (κ2) is 6.70. The summed E-state index contributed by atoms with van der Waals surface area (Å²) < 4.78 is 24.4. The average Bonchev–Trinajstić information content (AvgIpc) is 2.45. The van der Waals surface area contributed by atoms with E-state index in [1.54, 1.807) is 6.92 Å². The number of rotatable bonds is 3. The summed E-state index contributed by atoms with van der Waals surface area (Å²) in [7, 11) is 0. The molecule has 5 N–H and O–H groups in total. The van der Waals surface area contributed by atoms with Crippen molar-refractivity contribution in [1.82, 2.24) is 9.97 Å². The third kappa shape index (κ3) is 4.79. The quantitative estimate of drug-likeness (QED) is 0.667. The summed E-state index contributed by atoms with van der Waals surface area (Å²) in [5.74, 6) is -0.819. The Morgan fingerprint density at radius 3 is 2.91 bits per heavy atom. The SMILES string of the molecule is [2H]c1nc(NC(C)(C)C)[nH]c(=NC2CCC(C)C(O)C2([2H])[2H])c1C(N)=O. The van der Waals surface area contributed by atoms with Crippen LogP contribution in [0.1, 0.15) is 61.4 Å². The number of hydrogen-bond acceptors (Lipinski definition) is 5. The molecule has 0 radical (unpaired) electrons. The van der Waals surface area contributed by atoms with Gasteiger partial charge in [-0.1, -0.05) is 6.92 Å². The van der Waals surface area contributed by atoms with E-state index < -0.39 is 24.4 Å². The van der Waals surface area contributed by atoms with Crippen LogP contribution in [0.3, 0.4) is 0 Å². The first-order valence-corrected chi connectivity index (χ1v) is 7.73. The van der Waals surface area contributed by atoms with E-state index in [4.69, 9.17) is 9.85 Å². The molecule has 3 atom stereocenters. The monoisotopic (exact) mass is 324 g/mol. The fraction of sp³-hybridized carbons (Fsp3) is 0.688. The third-order valence-electron chi connectivity index (χ3n) is 3.58. The van der Waals surface area contributed by atoms with Gasteiger partial charge in [-0.15, -0.1) is 0 Å². The third-order valence-corrected chi connectivity index (χ3v) is 3.58. The van der Waals surface area contributed by atoms with Crippen LogP contribution in [0.2, 0.25) is 0 Å². The fourth-order valence-electron chi connectivity index (χ4n) is 2.33. The molecule has 1 heterocycles. The molecule has 2 rings (SSSR count). The van der Waals surface area contributed by atoms with E-state index in [1.165, 1.54) is 0 Å². The van der Waals surface area contributed by atoms with Crippen molar-refractivity contribution in [3.05, 3.63) is 17.2 Å². The van der Waals surface area contributed by atoms with Gasteiger partial charge in [0.05, 0.1) is 19.1 Å². The van der Waals surface area contributed by atoms with Gasteiger partial charge in [0.25, 0.3) is 5.91 Å². The summed E-state index contributed by atoms with van der Waals surface area (Å²) in [5.41, 5.74) is 4.82. The van der Waals surface area contributed by atoms with Crippen LogP contribution in [0.25, 0.3) is 0 Å². The molecule has 1 amide bonds. The van der Waals surface area contributed by atoms with E-state index in [2.05, 4.69) is 20.3 Å². The van der Waals surface area contributed by atoms with Crippen LogP contribution >= 0.6 is 0 Å². The first-order chi connectivity index (χ1) is 11.8. The number of H-pyrrole nitrogens is 1. The molecular formula is C16H27N5O2. The highest BCUT2D eigenvalue weighted by atomic mass is 16.3. The van der Waals surface area contributed by atoms with Gasteiger partial charge in [-0.2, -0.15) is 0 Å². The number of aliphatic hydroxyl groups excluding tert-OH is 1. The molecule has 7 nitrogen and oxygen atoms in total. The molecule has 1 aliphatic rings. The van der Waals surface area contributed by atoms with Gasteiger partial charge < -0.3 is 21.1 Å². The predicted octanol–water partition coefficient (Wildman–Crippen LogP) is 1.17. The Morgan fingerprint density at radius 1 is 1.61 bits per heavy atom. The standard InChI is InChI=1S/C16H27N5O2/c1-9-5-6-10(7-12(9)22)19-14-11(13(17)23)8-18-15(20-14)21-16(2,3)4/h8-10,12,22H,5-7H2,1-4H3,(H2,17,23)(H2,18,19,20,21)/i7D2,8D. The Morgan fingerprint density at radius 2 is 2.30 bits per heavy atom. The lowest BCUT2D eigenvalue weighted by atomic mass is 9.85. The number of hydrogen-bond donors (Lipinski definition) is 4. The van der Waals surface area contributed by atoms with E-state index in [0.717, 1.165) is 0 Å². The van der Waals surface area contributed by atoms with Crippen molar-refractivity contribution in [3.8, 4) is 0 Å². The highest BCUT2D eigenvalue weighted by Gasteiger charge is 2.26. The number of carbonyl (C=O) groups is 1. The number of aliphatic hydroxyl groups is 1. The number of nitrogens with two attached hydrogens (primary N) is 1. The van der Waals surface area contributed by atoms with Crippen LogP contribution in [0.5, 0.6) is 0 Å². The maximum Gasteiger partial charge on any atom is 0.254 e. The lowest BCUT2D eigenvalue weighted by Gasteiger charge is -2.28. The maximum absolute atomic E-state index is 11.8. The van der Waals surface area contributed by atoms with E-state index in [9.17, 15) is 9.90 Å². The van der Waals surface area contributed by atoms with E-state index >= 15 is 0 Å². The highest BCUT2D eigenvalue weighted by Crippen LogP contribution is 2.25. The predicted molar refractivity (Wildman–Crippen MR) is 88.9 cm³/mol. The summed E-state index contributed by atoms with van der Waals surface area (Å²) >= 11 is 0. The second-order valence-corrected chi connectivity index (χ2v) is 6.97. The van der Waals surface area contributed by atoms with Crippen molar-refractivity contribution >= 4 is 11.9 Å². The van der Waals surface area contributed by atoms with Crippen molar-refractivity contribution in [3.63, 3.8) is 0 Å². The van der Waals surface area contributed by atoms with Gasteiger partial charge in [-0.25, -0.2) is 4.98 Å². The van der Waals surface area contributed by atoms with Gasteiger partial charge in [-0.05, 0) is 45.9 Å². The Hall–Kier alpha value is -1.89. The van der Waals surface area contributed by atoms with Crippen LogP contribution in [0.15, 0.2) is 11.2 Å². The number of aromatic nitrogens is 2. The van der Waals surface area contributed by atoms with Crippen LogP contribution in [0.4, 0.5) is 5.95 Å². The number of nitrogens with one attached hydrogen (secondary N) is 2. The summed E-state index contributed by atoms with van der Waals surface area (Å²) in [6, 6.07) is -0.868. The lowest BCUT2D eigenvalue weighted by Crippen LogP contribution is -2.34. The van der Waals surface area contributed by atoms with Crippen molar-refractivity contribution in [2.75, 3.05) is 5.32 Å². The number of primary amides is 1. The smallest absolute Gasteiger partial charge is 0.254 e. The number of aromatic amines is 1. The molecule has 1 aromatic heterocycles. The molecule has 0 aromatic carbocycles. The number of carbonyl (C=O) groups excluding carboxylic acids is 1. The zero-order chi connectivity index (χ0) is 19.9. The second-order valence-electron chi connectivity index (χ2n) is 6.97. The van der Waals surface area contributed by atoms with E-state index in [0.29, 0.717) is 12.8 Å². The summed E-state index contributed by atoms with van der Waals surface area (Å²) in [4.78, 5) is 23.0. The van der Waals surface area contributed by atoms with Gasteiger partial charge in [0.15, 0.2) is 0 Å². The molecule has 1 fully saturated rings. The number of nitrogens with zero attached hydrogens (tertiary/aromatic N) is 2. The maximum atomic E-state index is 11.8. The molecule has 0 spiro atoms. The van der Waals surface area contributed by atoms with Crippen LogP contribution < -0.4 is 16.5 Å². The molecule has 7 heteroatoms. The van der Waals surface area contributed by atoms with Crippen molar-refractivity contribution < 1.29 is 14.0 Å². The van der Waals surface area contributed by atoms with Crippen LogP contribution in [-0.2, 0) is 0 Å². The molecular weight excluding hydrogens is 294 g/mol. The molecule has 1 aromatic rings. The Kier molecular flexibility index (Phi) is 3.94. The summed E-state index contributed by atoms with van der Waals surface area (Å²) in [6.45, 7) is 7.51. The van der Waals surface area contributed by atoms with E-state index in [-0.39, 0.29) is 34.6 Å². The highest BCUT2D eigenvalue weighted by molar-refractivity contribution is 5.92. The number of anilines is 1. The summed E-state index contributed by atoms with van der Waals surface area (Å²) in [6.07, 6.45) is -2.44. The lowest BCUT2D eigenvalue weighted by molar-refractivity contribution is 0.0704. The van der Waals surface area contributed by atoms with Crippen LogP contribution in [-0.4, -0.2) is 38.7 Å². The fourth-order valence-corrected chi connectivity index (χ4v) is 2.33. The molecule has 0 saturated heterocycles. The topological polar surface area (TPSA) is 116 Å². The molecule has 0 bridgehead atoms. The molecule has 128 valence electrons. The Bertz CT molecular complexity index is 757. The van der Waals surface area contributed by atoms with Crippen molar-refractivity contribution in [2.24, 2.45) is 16.6 Å². The average molecular weight is 324 g/mol. The molecule has 3 unspecified atom stereocenters. The first-order valence-electron chi connectivity index (χ1n) is 9.23. The zero-order valence-electron chi connectivity index (χ0n) is 17.0. The molecule has 1 saturated carbocycles. The summed E-state index contributed by atoms with van der Waals surface area (Å²) in [5, 5.41) is 13.3. The van der Waals surface area contributed by atoms with Crippen LogP contribution in [0, 0.1) is 5.92 Å². The van der Waals surface area contributed by atoms with Gasteiger partial charge in [-0.3, -0.25) is 9.79 Å². The Balaban J connectivity index is 2.58. The first kappa shape index (κ1) is 13.5. The number of amides is 1. The molecule has 23 heavy (non-hydrogen) atoms. The van der Waals surface area contributed by atoms with Gasteiger partial charge in [0.1, 0.15) is 5.49 Å². The van der Waals surface area contributed by atoms with Crippen molar-refractivity contribution in [2.45, 2.75) is 64.6 Å². The van der Waals surface area contributed by atoms with Gasteiger partial charge in [0.2, 0.25) is 5.95 Å². The zero-order valence-corrected chi connectivity index (χ0v) is 14.0. The minimum atomic E-state index is -1.95. The normalized spacial score (nSPS) is 30.2. The molecule has 1 aliphatic carbocycles. The van der Waals surface area contributed by atoms with Gasteiger partial charge >= 0.3 is 0 Å². The van der Waals surface area contributed by atoms with Crippen molar-refractivity contribution in [1.29, 1.82) is 0 Å². The molecule has 0 aliphatic heterocycles. The minimum Gasteiger partial charge on any atom is -0.393 e. The Labute approximate surface area is 140 Å². The largest absolute Gasteiger partial charge is 0.393 e.